The fourth-order valence-corrected chi connectivity index (χ4v) is 4.00. The van der Waals surface area contributed by atoms with E-state index in [4.69, 9.17) is 16.3 Å². The molecule has 2 heterocycles. The van der Waals surface area contributed by atoms with Gasteiger partial charge in [-0.15, -0.1) is 0 Å². The lowest BCUT2D eigenvalue weighted by Crippen LogP contribution is -2.06. The van der Waals surface area contributed by atoms with E-state index in [-0.39, 0.29) is 12.4 Å². The number of fused-ring (bicyclic) bond motifs is 1. The number of anilines is 2. The van der Waals surface area contributed by atoms with Gasteiger partial charge < -0.3 is 14.6 Å². The summed E-state index contributed by atoms with van der Waals surface area (Å²) in [5.74, 6) is 1.26. The van der Waals surface area contributed by atoms with Gasteiger partial charge in [0.1, 0.15) is 30.3 Å². The van der Waals surface area contributed by atoms with Crippen LogP contribution in [0.15, 0.2) is 59.6 Å². The number of rotatable bonds is 6. The highest BCUT2D eigenvalue weighted by atomic mass is 35.5. The Morgan fingerprint density at radius 3 is 2.80 bits per heavy atom. The molecule has 0 fully saturated rings. The molecule has 154 valence electrons. The lowest BCUT2D eigenvalue weighted by molar-refractivity contribution is 0.306. The summed E-state index contributed by atoms with van der Waals surface area (Å²) in [6, 6.07) is 13.2. The number of hydrogen-bond donors (Lipinski definition) is 1. The molecule has 2 aromatic heterocycles. The van der Waals surface area contributed by atoms with Crippen LogP contribution in [0.4, 0.5) is 15.9 Å². The van der Waals surface area contributed by atoms with Crippen molar-refractivity contribution in [3.8, 4) is 5.75 Å². The number of halogens is 2. The minimum Gasteiger partial charge on any atom is -0.612 e. The molecule has 1 unspecified atom stereocenters. The van der Waals surface area contributed by atoms with Gasteiger partial charge in [-0.2, -0.15) is 5.10 Å². The minimum atomic E-state index is -1.19. The highest BCUT2D eigenvalue weighted by Gasteiger charge is 2.18. The van der Waals surface area contributed by atoms with Crippen LogP contribution in [-0.2, 0) is 17.8 Å². The number of nitrogens with zero attached hydrogens (tertiary/aromatic N) is 3. The molecule has 4 aromatic rings. The Hall–Kier alpha value is -2.81. The summed E-state index contributed by atoms with van der Waals surface area (Å²) < 4.78 is 32.7. The molecular weight excluding hydrogens is 427 g/mol. The second-order valence-electron chi connectivity index (χ2n) is 6.62. The fraction of sp³-hybridized carbons (Fsp3) is 0.143. The van der Waals surface area contributed by atoms with Crippen LogP contribution in [-0.4, -0.2) is 25.4 Å². The van der Waals surface area contributed by atoms with Gasteiger partial charge in [-0.05, 0) is 54.0 Å². The Morgan fingerprint density at radius 1 is 1.23 bits per heavy atom. The number of aromatic nitrogens is 3. The first-order chi connectivity index (χ1) is 14.4. The van der Waals surface area contributed by atoms with Crippen LogP contribution >= 0.6 is 11.6 Å². The van der Waals surface area contributed by atoms with E-state index < -0.39 is 11.2 Å². The first-order valence-electron chi connectivity index (χ1n) is 9.04. The van der Waals surface area contributed by atoms with Crippen LogP contribution in [0.1, 0.15) is 11.4 Å². The van der Waals surface area contributed by atoms with Gasteiger partial charge >= 0.3 is 0 Å². The van der Waals surface area contributed by atoms with E-state index in [1.165, 1.54) is 12.1 Å². The zero-order chi connectivity index (χ0) is 21.3. The van der Waals surface area contributed by atoms with Crippen molar-refractivity contribution in [2.75, 3.05) is 11.6 Å². The molecule has 0 saturated carbocycles. The summed E-state index contributed by atoms with van der Waals surface area (Å²) in [4.78, 5) is 5.10. The standard InChI is InChI=1S/C21H18ClFN4O2S/c1-13-24-21(20-19(30(2)28)8-9-27(20)26-13)25-16-6-7-18(17(22)11-16)29-12-14-4-3-5-15(23)10-14/h3-11H,12H2,1-2H3,(H,24,25,26). The Balaban J connectivity index is 1.57. The summed E-state index contributed by atoms with van der Waals surface area (Å²) in [7, 11) is 0. The quantitative estimate of drug-likeness (QED) is 0.428. The molecule has 0 bridgehead atoms. The van der Waals surface area contributed by atoms with Gasteiger partial charge in [0.05, 0.1) is 5.02 Å². The van der Waals surface area contributed by atoms with Crippen molar-refractivity contribution in [3.05, 3.63) is 77.0 Å². The van der Waals surface area contributed by atoms with Crippen molar-refractivity contribution < 1.29 is 13.7 Å². The molecule has 0 radical (unpaired) electrons. The third-order valence-electron chi connectivity index (χ3n) is 4.37. The van der Waals surface area contributed by atoms with E-state index >= 15 is 0 Å². The molecule has 0 saturated heterocycles. The van der Waals surface area contributed by atoms with Crippen LogP contribution in [0.3, 0.4) is 0 Å². The molecule has 1 N–H and O–H groups in total. The lowest BCUT2D eigenvalue weighted by atomic mass is 10.2. The van der Waals surface area contributed by atoms with E-state index in [9.17, 15) is 8.94 Å². The average molecular weight is 445 g/mol. The second-order valence-corrected chi connectivity index (χ2v) is 8.38. The van der Waals surface area contributed by atoms with Crippen LogP contribution in [0, 0.1) is 12.7 Å². The molecule has 30 heavy (non-hydrogen) atoms. The summed E-state index contributed by atoms with van der Waals surface area (Å²) in [6.07, 6.45) is 3.36. The first-order valence-corrected chi connectivity index (χ1v) is 11.0. The molecule has 0 aliphatic heterocycles. The van der Waals surface area contributed by atoms with Gasteiger partial charge in [-0.3, -0.25) is 0 Å². The second kappa shape index (κ2) is 8.51. The maximum Gasteiger partial charge on any atom is 0.183 e. The topological polar surface area (TPSA) is 74.5 Å². The Bertz CT molecular complexity index is 1220. The highest BCUT2D eigenvalue weighted by molar-refractivity contribution is 7.91. The average Bonchev–Trinajstić information content (AvgIpc) is 3.12. The maximum absolute atomic E-state index is 13.3. The lowest BCUT2D eigenvalue weighted by Gasteiger charge is -2.12. The largest absolute Gasteiger partial charge is 0.612 e. The van der Waals surface area contributed by atoms with Gasteiger partial charge in [0.2, 0.25) is 0 Å². The van der Waals surface area contributed by atoms with Crippen molar-refractivity contribution in [3.63, 3.8) is 0 Å². The molecule has 0 spiro atoms. The smallest absolute Gasteiger partial charge is 0.183 e. The van der Waals surface area contributed by atoms with Gasteiger partial charge in [0, 0.05) is 18.0 Å². The Labute approximate surface area is 180 Å². The van der Waals surface area contributed by atoms with Gasteiger partial charge in [-0.25, -0.2) is 13.9 Å². The summed E-state index contributed by atoms with van der Waals surface area (Å²) in [6.45, 7) is 1.98. The molecule has 9 heteroatoms. The van der Waals surface area contributed by atoms with Crippen LogP contribution < -0.4 is 10.1 Å². The molecule has 4 rings (SSSR count). The van der Waals surface area contributed by atoms with Crippen LogP contribution in [0.5, 0.6) is 5.75 Å². The zero-order valence-corrected chi connectivity index (χ0v) is 17.8. The number of nitrogens with one attached hydrogen (secondary N) is 1. The van der Waals surface area contributed by atoms with Crippen LogP contribution in [0.25, 0.3) is 5.52 Å². The Morgan fingerprint density at radius 2 is 2.07 bits per heavy atom. The van der Waals surface area contributed by atoms with Crippen molar-refractivity contribution in [1.82, 2.24) is 14.6 Å². The van der Waals surface area contributed by atoms with Gasteiger partial charge in [0.25, 0.3) is 0 Å². The van der Waals surface area contributed by atoms with Crippen LogP contribution in [0.2, 0.25) is 5.02 Å². The van der Waals surface area contributed by atoms with E-state index in [0.717, 1.165) is 0 Å². The monoisotopic (exact) mass is 444 g/mol. The SMILES string of the molecule is Cc1nc(Nc2ccc(OCc3cccc(F)c3)c(Cl)c2)c2c([S+](C)[O-])ccn2n1. The number of ether oxygens (including phenoxy) is 1. The van der Waals surface area contributed by atoms with Crippen molar-refractivity contribution in [2.45, 2.75) is 18.4 Å². The highest BCUT2D eigenvalue weighted by Crippen LogP contribution is 2.31. The van der Waals surface area contributed by atoms with Crippen molar-refractivity contribution >= 4 is 39.8 Å². The molecule has 2 aromatic carbocycles. The molecular formula is C21H18ClFN4O2S. The van der Waals surface area contributed by atoms with E-state index in [0.29, 0.717) is 44.1 Å². The molecule has 6 nitrogen and oxygen atoms in total. The first kappa shape index (κ1) is 20.5. The van der Waals surface area contributed by atoms with Crippen molar-refractivity contribution in [1.29, 1.82) is 0 Å². The number of benzene rings is 2. The molecule has 1 atom stereocenters. The minimum absolute atomic E-state index is 0.200. The zero-order valence-electron chi connectivity index (χ0n) is 16.2. The summed E-state index contributed by atoms with van der Waals surface area (Å²) >= 11 is 5.19. The normalized spacial score (nSPS) is 12.2. The van der Waals surface area contributed by atoms with Gasteiger partial charge in [-0.1, -0.05) is 23.7 Å². The van der Waals surface area contributed by atoms with Crippen molar-refractivity contribution in [2.24, 2.45) is 0 Å². The predicted molar refractivity (Wildman–Crippen MR) is 116 cm³/mol. The fourth-order valence-electron chi connectivity index (χ4n) is 3.05. The third-order valence-corrected chi connectivity index (χ3v) is 5.61. The summed E-state index contributed by atoms with van der Waals surface area (Å²) in [5, 5.41) is 7.95. The van der Waals surface area contributed by atoms with E-state index in [1.54, 1.807) is 60.3 Å². The number of hydrogen-bond acceptors (Lipinski definition) is 5. The number of aryl methyl sites for hydroxylation is 1. The van der Waals surface area contributed by atoms with Gasteiger partial charge in [0.15, 0.2) is 16.2 Å². The Kier molecular flexibility index (Phi) is 5.80. The summed E-state index contributed by atoms with van der Waals surface area (Å²) in [5.41, 5.74) is 2.04. The van der Waals surface area contributed by atoms with E-state index in [1.807, 2.05) is 0 Å². The van der Waals surface area contributed by atoms with E-state index in [2.05, 4.69) is 15.4 Å². The molecule has 0 aliphatic rings. The maximum atomic E-state index is 13.3. The predicted octanol–water partition coefficient (Wildman–Crippen LogP) is 4.89. The molecule has 0 aliphatic carbocycles. The molecule has 0 amide bonds. The third kappa shape index (κ3) is 4.35.